The minimum atomic E-state index is 0.249. The first kappa shape index (κ1) is 13.0. The fourth-order valence-electron chi connectivity index (χ4n) is 3.16. The van der Waals surface area contributed by atoms with E-state index in [4.69, 9.17) is 0 Å². The molecule has 0 unspecified atom stereocenters. The number of thiophene rings is 1. The molecule has 1 amide bonds. The van der Waals surface area contributed by atoms with Crippen LogP contribution in [0.3, 0.4) is 0 Å². The second-order valence-corrected chi connectivity index (χ2v) is 7.00. The Kier molecular flexibility index (Phi) is 3.52. The van der Waals surface area contributed by atoms with Crippen LogP contribution in [0.15, 0.2) is 6.07 Å². The van der Waals surface area contributed by atoms with Crippen molar-refractivity contribution in [2.45, 2.75) is 32.6 Å². The number of hydrogen-bond donors (Lipinski definition) is 0. The van der Waals surface area contributed by atoms with Crippen LogP contribution in [0.1, 0.15) is 41.4 Å². The van der Waals surface area contributed by atoms with E-state index in [1.54, 1.807) is 11.3 Å². The van der Waals surface area contributed by atoms with Crippen molar-refractivity contribution in [1.29, 1.82) is 0 Å². The van der Waals surface area contributed by atoms with Crippen LogP contribution in [-0.2, 0) is 6.42 Å². The second kappa shape index (κ2) is 5.16. The summed E-state index contributed by atoms with van der Waals surface area (Å²) < 4.78 is 0. The highest BCUT2D eigenvalue weighted by atomic mass is 32.1. The summed E-state index contributed by atoms with van der Waals surface area (Å²) in [6, 6.07) is 2.14. The lowest BCUT2D eigenvalue weighted by atomic mass is 10.00. The third-order valence-corrected chi connectivity index (χ3v) is 5.51. The van der Waals surface area contributed by atoms with Crippen molar-refractivity contribution >= 4 is 22.2 Å². The number of nitrogens with zero attached hydrogens (tertiary/aromatic N) is 2. The van der Waals surface area contributed by atoms with Gasteiger partial charge in [0.05, 0.1) is 9.88 Å². The molecule has 0 bridgehead atoms. The van der Waals surface area contributed by atoms with E-state index in [0.29, 0.717) is 5.92 Å². The molecule has 0 saturated carbocycles. The van der Waals surface area contributed by atoms with Crippen molar-refractivity contribution in [2.24, 2.45) is 5.92 Å². The molecule has 3 rings (SSSR count). The van der Waals surface area contributed by atoms with Gasteiger partial charge >= 0.3 is 0 Å². The number of aryl methyl sites for hydroxylation is 1. The van der Waals surface area contributed by atoms with Gasteiger partial charge in [-0.3, -0.25) is 4.79 Å². The summed E-state index contributed by atoms with van der Waals surface area (Å²) in [5, 5.41) is 1.31. The molecule has 0 aromatic carbocycles. The third kappa shape index (κ3) is 2.50. The first-order valence-electron chi connectivity index (χ1n) is 7.28. The summed E-state index contributed by atoms with van der Waals surface area (Å²) in [7, 11) is 2.13. The highest BCUT2D eigenvalue weighted by molar-refractivity contribution is 7.18. The van der Waals surface area contributed by atoms with Gasteiger partial charge in [-0.05, 0) is 43.2 Å². The maximum atomic E-state index is 12.6. The number of fused-ring (bicyclic) bond motifs is 1. The van der Waals surface area contributed by atoms with Gasteiger partial charge in [0, 0.05) is 26.7 Å². The molecule has 2 aliphatic heterocycles. The molecule has 0 spiro atoms. The van der Waals surface area contributed by atoms with Crippen LogP contribution < -0.4 is 4.90 Å². The Morgan fingerprint density at radius 1 is 1.37 bits per heavy atom. The number of likely N-dealkylation sites (tertiary alicyclic amines) is 1. The van der Waals surface area contributed by atoms with Crippen LogP contribution in [0, 0.1) is 5.92 Å². The Morgan fingerprint density at radius 2 is 2.21 bits per heavy atom. The molecule has 0 N–H and O–H groups in total. The van der Waals surface area contributed by atoms with Crippen molar-refractivity contribution in [2.75, 3.05) is 31.6 Å². The van der Waals surface area contributed by atoms with E-state index in [1.165, 1.54) is 23.4 Å². The maximum absolute atomic E-state index is 12.6. The SMILES string of the molecule is C[C@@H]1CCCN(C(=O)c2cc3c(s2)N(C)CCC3)C1. The van der Waals surface area contributed by atoms with Crippen LogP contribution in [0.5, 0.6) is 0 Å². The average molecular weight is 278 g/mol. The van der Waals surface area contributed by atoms with Gasteiger partial charge in [0.25, 0.3) is 5.91 Å². The summed E-state index contributed by atoms with van der Waals surface area (Å²) in [5.74, 6) is 0.898. The van der Waals surface area contributed by atoms with E-state index in [9.17, 15) is 4.79 Å². The normalized spacial score (nSPS) is 23.4. The Balaban J connectivity index is 1.80. The first-order chi connectivity index (χ1) is 9.15. The van der Waals surface area contributed by atoms with Crippen LogP contribution in [0.25, 0.3) is 0 Å². The van der Waals surface area contributed by atoms with Gasteiger partial charge in [0.15, 0.2) is 0 Å². The predicted molar refractivity (Wildman–Crippen MR) is 80.2 cm³/mol. The summed E-state index contributed by atoms with van der Waals surface area (Å²) in [5.41, 5.74) is 1.37. The van der Waals surface area contributed by atoms with Crippen molar-refractivity contribution in [3.8, 4) is 0 Å². The highest BCUT2D eigenvalue weighted by Crippen LogP contribution is 2.35. The van der Waals surface area contributed by atoms with Crippen molar-refractivity contribution < 1.29 is 4.79 Å². The molecular formula is C15H22N2OS. The van der Waals surface area contributed by atoms with Gasteiger partial charge in [-0.1, -0.05) is 6.92 Å². The number of hydrogen-bond acceptors (Lipinski definition) is 3. The minimum absolute atomic E-state index is 0.249. The number of carbonyl (C=O) groups excluding carboxylic acids is 1. The zero-order valence-corrected chi connectivity index (χ0v) is 12.6. The molecule has 1 aromatic heterocycles. The van der Waals surface area contributed by atoms with Gasteiger partial charge in [-0.15, -0.1) is 11.3 Å². The number of rotatable bonds is 1. The van der Waals surface area contributed by atoms with Gasteiger partial charge in [0.1, 0.15) is 0 Å². The number of piperidine rings is 1. The molecule has 3 heterocycles. The second-order valence-electron chi connectivity index (χ2n) is 5.96. The minimum Gasteiger partial charge on any atom is -0.366 e. The Hall–Kier alpha value is -1.03. The summed E-state index contributed by atoms with van der Waals surface area (Å²) in [4.78, 5) is 17.9. The zero-order chi connectivity index (χ0) is 13.4. The molecule has 0 aliphatic carbocycles. The molecule has 1 aromatic rings. The van der Waals surface area contributed by atoms with Crippen molar-refractivity contribution in [3.63, 3.8) is 0 Å². The van der Waals surface area contributed by atoms with E-state index >= 15 is 0 Å². The molecular weight excluding hydrogens is 256 g/mol. The van der Waals surface area contributed by atoms with Crippen LogP contribution in [-0.4, -0.2) is 37.5 Å². The monoisotopic (exact) mass is 278 g/mol. The van der Waals surface area contributed by atoms with E-state index < -0.39 is 0 Å². The van der Waals surface area contributed by atoms with E-state index in [-0.39, 0.29) is 5.91 Å². The van der Waals surface area contributed by atoms with E-state index in [0.717, 1.165) is 37.4 Å². The molecule has 2 aliphatic rings. The summed E-state index contributed by atoms with van der Waals surface area (Å²) in [6.07, 6.45) is 4.74. The van der Waals surface area contributed by atoms with Gasteiger partial charge in [0.2, 0.25) is 0 Å². The molecule has 3 nitrogen and oxygen atoms in total. The number of carbonyl (C=O) groups is 1. The average Bonchev–Trinajstić information content (AvgIpc) is 2.83. The Bertz CT molecular complexity index is 482. The maximum Gasteiger partial charge on any atom is 0.264 e. The quantitative estimate of drug-likeness (QED) is 0.788. The van der Waals surface area contributed by atoms with Gasteiger partial charge in [-0.2, -0.15) is 0 Å². The Morgan fingerprint density at radius 3 is 2.95 bits per heavy atom. The lowest BCUT2D eigenvalue weighted by Gasteiger charge is -2.30. The summed E-state index contributed by atoms with van der Waals surface area (Å²) in [6.45, 7) is 5.22. The molecule has 1 atom stereocenters. The Labute approximate surface area is 119 Å². The standard InChI is InChI=1S/C15H22N2OS/c1-11-5-3-8-17(10-11)14(18)13-9-12-6-4-7-16(2)15(12)19-13/h9,11H,3-8,10H2,1-2H3/t11-/m1/s1. The zero-order valence-electron chi connectivity index (χ0n) is 11.8. The molecule has 104 valence electrons. The number of anilines is 1. The highest BCUT2D eigenvalue weighted by Gasteiger charge is 2.26. The molecule has 4 heteroatoms. The van der Waals surface area contributed by atoms with Crippen LogP contribution >= 0.6 is 11.3 Å². The predicted octanol–water partition coefficient (Wildman–Crippen LogP) is 3.00. The van der Waals surface area contributed by atoms with Crippen LogP contribution in [0.2, 0.25) is 0 Å². The van der Waals surface area contributed by atoms with E-state index in [1.807, 2.05) is 4.90 Å². The lowest BCUT2D eigenvalue weighted by molar-refractivity contribution is 0.0688. The van der Waals surface area contributed by atoms with Gasteiger partial charge < -0.3 is 9.80 Å². The smallest absolute Gasteiger partial charge is 0.264 e. The molecule has 19 heavy (non-hydrogen) atoms. The molecule has 0 radical (unpaired) electrons. The van der Waals surface area contributed by atoms with Crippen molar-refractivity contribution in [3.05, 3.63) is 16.5 Å². The van der Waals surface area contributed by atoms with Crippen molar-refractivity contribution in [1.82, 2.24) is 4.90 Å². The van der Waals surface area contributed by atoms with Crippen LogP contribution in [0.4, 0.5) is 5.00 Å². The largest absolute Gasteiger partial charge is 0.366 e. The fourth-order valence-corrected chi connectivity index (χ4v) is 4.33. The molecule has 1 fully saturated rings. The van der Waals surface area contributed by atoms with E-state index in [2.05, 4.69) is 24.9 Å². The van der Waals surface area contributed by atoms with Gasteiger partial charge in [-0.25, -0.2) is 0 Å². The summed E-state index contributed by atoms with van der Waals surface area (Å²) >= 11 is 1.68. The third-order valence-electron chi connectivity index (χ3n) is 4.23. The number of amides is 1. The fraction of sp³-hybridized carbons (Fsp3) is 0.667. The first-order valence-corrected chi connectivity index (χ1v) is 8.10. The topological polar surface area (TPSA) is 23.6 Å². The lowest BCUT2D eigenvalue weighted by Crippen LogP contribution is -2.38. The molecule has 1 saturated heterocycles.